The lowest BCUT2D eigenvalue weighted by molar-refractivity contribution is -0.0314. The van der Waals surface area contributed by atoms with Crippen LogP contribution in [0.4, 0.5) is 0 Å². The van der Waals surface area contributed by atoms with Crippen LogP contribution in [0.15, 0.2) is 54.6 Å². The van der Waals surface area contributed by atoms with Gasteiger partial charge in [0.2, 0.25) is 0 Å². The normalized spacial score (nSPS) is 20.0. The Labute approximate surface area is 154 Å². The number of amides is 1. The van der Waals surface area contributed by atoms with Crippen molar-refractivity contribution in [2.75, 3.05) is 26.3 Å². The molecule has 1 saturated carbocycles. The number of benzene rings is 2. The molecule has 0 radical (unpaired) electrons. The van der Waals surface area contributed by atoms with E-state index in [9.17, 15) is 4.79 Å². The highest BCUT2D eigenvalue weighted by molar-refractivity contribution is 5.97. The molecule has 1 heterocycles. The summed E-state index contributed by atoms with van der Waals surface area (Å²) in [5.74, 6) is 1.36. The molecule has 136 valence electrons. The van der Waals surface area contributed by atoms with Gasteiger partial charge in [0, 0.05) is 19.5 Å². The Morgan fingerprint density at radius 3 is 2.65 bits per heavy atom. The van der Waals surface area contributed by atoms with Crippen LogP contribution in [-0.4, -0.2) is 43.2 Å². The molecular weight excluding hydrogens is 326 g/mol. The van der Waals surface area contributed by atoms with Crippen LogP contribution in [0, 0.1) is 5.92 Å². The van der Waals surface area contributed by atoms with E-state index in [1.54, 1.807) is 0 Å². The monoisotopic (exact) mass is 351 g/mol. The Balaban J connectivity index is 1.40. The summed E-state index contributed by atoms with van der Waals surface area (Å²) in [4.78, 5) is 15.0. The summed E-state index contributed by atoms with van der Waals surface area (Å²) in [6.45, 7) is 2.54. The number of carbonyl (C=O) groups excluding carboxylic acids is 1. The lowest BCUT2D eigenvalue weighted by Gasteiger charge is -2.33. The number of rotatable bonds is 6. The molecule has 2 aliphatic rings. The number of hydrogen-bond donors (Lipinski definition) is 0. The van der Waals surface area contributed by atoms with Gasteiger partial charge in [0.05, 0.1) is 24.9 Å². The molecule has 1 aliphatic carbocycles. The summed E-state index contributed by atoms with van der Waals surface area (Å²) in [6, 6.07) is 17.8. The van der Waals surface area contributed by atoms with E-state index in [0.717, 1.165) is 6.42 Å². The van der Waals surface area contributed by atoms with Crippen molar-refractivity contribution in [3.8, 4) is 5.75 Å². The zero-order chi connectivity index (χ0) is 17.8. The van der Waals surface area contributed by atoms with Gasteiger partial charge in [-0.2, -0.15) is 0 Å². The third-order valence-corrected chi connectivity index (χ3v) is 5.14. The van der Waals surface area contributed by atoms with E-state index in [2.05, 4.69) is 12.1 Å². The predicted octanol–water partition coefficient (Wildman–Crippen LogP) is 3.56. The largest absolute Gasteiger partial charge is 0.492 e. The highest BCUT2D eigenvalue weighted by Gasteiger charge is 2.36. The maximum atomic E-state index is 13.0. The van der Waals surface area contributed by atoms with Gasteiger partial charge in [-0.05, 0) is 36.5 Å². The molecule has 26 heavy (non-hydrogen) atoms. The molecule has 0 spiro atoms. The molecular formula is C22H25NO3. The molecule has 4 nitrogen and oxygen atoms in total. The summed E-state index contributed by atoms with van der Waals surface area (Å²) in [7, 11) is 0. The summed E-state index contributed by atoms with van der Waals surface area (Å²) >= 11 is 0. The Morgan fingerprint density at radius 1 is 1.08 bits per heavy atom. The average molecular weight is 351 g/mol. The van der Waals surface area contributed by atoms with E-state index in [-0.39, 0.29) is 12.0 Å². The van der Waals surface area contributed by atoms with Crippen LogP contribution in [0.25, 0.3) is 0 Å². The lowest BCUT2D eigenvalue weighted by Crippen LogP contribution is -2.46. The number of carbonyl (C=O) groups is 1. The third kappa shape index (κ3) is 4.07. The molecule has 1 amide bonds. The summed E-state index contributed by atoms with van der Waals surface area (Å²) in [5, 5.41) is 0. The van der Waals surface area contributed by atoms with Crippen molar-refractivity contribution < 1.29 is 14.3 Å². The summed E-state index contributed by atoms with van der Waals surface area (Å²) in [6.07, 6.45) is 3.49. The smallest absolute Gasteiger partial charge is 0.257 e. The molecule has 1 saturated heterocycles. The molecule has 1 atom stereocenters. The molecule has 2 aromatic rings. The zero-order valence-corrected chi connectivity index (χ0v) is 15.0. The van der Waals surface area contributed by atoms with Gasteiger partial charge in [-0.1, -0.05) is 42.5 Å². The first-order valence-corrected chi connectivity index (χ1v) is 9.48. The Morgan fingerprint density at radius 2 is 1.85 bits per heavy atom. The van der Waals surface area contributed by atoms with Crippen LogP contribution < -0.4 is 4.74 Å². The first-order chi connectivity index (χ1) is 12.8. The molecule has 2 fully saturated rings. The molecule has 0 bridgehead atoms. The van der Waals surface area contributed by atoms with E-state index < -0.39 is 0 Å². The quantitative estimate of drug-likeness (QED) is 0.799. The summed E-state index contributed by atoms with van der Waals surface area (Å²) in [5.41, 5.74) is 1.88. The number of ether oxygens (including phenoxy) is 2. The van der Waals surface area contributed by atoms with Gasteiger partial charge in [0.25, 0.3) is 5.91 Å². The van der Waals surface area contributed by atoms with Crippen LogP contribution in [0.5, 0.6) is 5.75 Å². The number of morpholine rings is 1. The van der Waals surface area contributed by atoms with Gasteiger partial charge in [-0.25, -0.2) is 0 Å². The van der Waals surface area contributed by atoms with E-state index >= 15 is 0 Å². The predicted molar refractivity (Wildman–Crippen MR) is 100 cm³/mol. The van der Waals surface area contributed by atoms with E-state index in [4.69, 9.17) is 9.47 Å². The van der Waals surface area contributed by atoms with Crippen molar-refractivity contribution in [2.24, 2.45) is 5.92 Å². The third-order valence-electron chi connectivity index (χ3n) is 5.14. The highest BCUT2D eigenvalue weighted by atomic mass is 16.5. The molecule has 2 aromatic carbocycles. The van der Waals surface area contributed by atoms with E-state index in [0.29, 0.717) is 43.5 Å². The van der Waals surface area contributed by atoms with Crippen molar-refractivity contribution in [3.63, 3.8) is 0 Å². The van der Waals surface area contributed by atoms with E-state index in [1.807, 2.05) is 47.4 Å². The molecule has 1 aliphatic heterocycles. The van der Waals surface area contributed by atoms with Crippen molar-refractivity contribution in [2.45, 2.75) is 25.4 Å². The molecule has 1 unspecified atom stereocenters. The van der Waals surface area contributed by atoms with Gasteiger partial charge >= 0.3 is 0 Å². The first-order valence-electron chi connectivity index (χ1n) is 9.48. The van der Waals surface area contributed by atoms with Crippen molar-refractivity contribution in [3.05, 3.63) is 65.7 Å². The standard InChI is InChI=1S/C22H25NO3/c24-22(23-13-15-26-21(16-23)18-10-11-18)19-8-4-5-9-20(19)25-14-12-17-6-2-1-3-7-17/h1-9,18,21H,10-16H2. The number of hydrogen-bond acceptors (Lipinski definition) is 3. The summed E-state index contributed by atoms with van der Waals surface area (Å²) < 4.78 is 11.8. The van der Waals surface area contributed by atoms with Gasteiger partial charge in [-0.3, -0.25) is 4.79 Å². The van der Waals surface area contributed by atoms with E-state index in [1.165, 1.54) is 18.4 Å². The Kier molecular flexibility index (Phi) is 5.21. The van der Waals surface area contributed by atoms with Gasteiger partial charge in [0.15, 0.2) is 0 Å². The lowest BCUT2D eigenvalue weighted by atomic mass is 10.1. The van der Waals surface area contributed by atoms with Crippen molar-refractivity contribution >= 4 is 5.91 Å². The molecule has 0 N–H and O–H groups in total. The van der Waals surface area contributed by atoms with Crippen LogP contribution in [0.3, 0.4) is 0 Å². The van der Waals surface area contributed by atoms with Crippen LogP contribution in [0.1, 0.15) is 28.8 Å². The van der Waals surface area contributed by atoms with Gasteiger partial charge in [-0.15, -0.1) is 0 Å². The number of para-hydroxylation sites is 1. The minimum atomic E-state index is 0.0502. The maximum Gasteiger partial charge on any atom is 0.257 e. The second kappa shape index (κ2) is 7.92. The number of nitrogens with zero attached hydrogens (tertiary/aromatic N) is 1. The van der Waals surface area contributed by atoms with Crippen molar-refractivity contribution in [1.29, 1.82) is 0 Å². The second-order valence-corrected chi connectivity index (χ2v) is 7.08. The fourth-order valence-corrected chi connectivity index (χ4v) is 3.48. The minimum absolute atomic E-state index is 0.0502. The second-order valence-electron chi connectivity index (χ2n) is 7.08. The van der Waals surface area contributed by atoms with Gasteiger partial charge < -0.3 is 14.4 Å². The molecule has 4 heteroatoms. The Hall–Kier alpha value is -2.33. The average Bonchev–Trinajstić information content (AvgIpc) is 3.54. The van der Waals surface area contributed by atoms with Crippen LogP contribution in [-0.2, 0) is 11.2 Å². The van der Waals surface area contributed by atoms with Crippen molar-refractivity contribution in [1.82, 2.24) is 4.90 Å². The maximum absolute atomic E-state index is 13.0. The van der Waals surface area contributed by atoms with Crippen LogP contribution in [0.2, 0.25) is 0 Å². The fourth-order valence-electron chi connectivity index (χ4n) is 3.48. The zero-order valence-electron chi connectivity index (χ0n) is 15.0. The fraction of sp³-hybridized carbons (Fsp3) is 0.409. The highest BCUT2D eigenvalue weighted by Crippen LogP contribution is 2.36. The van der Waals surface area contributed by atoms with Gasteiger partial charge in [0.1, 0.15) is 5.75 Å². The molecule has 4 rings (SSSR count). The molecule has 0 aromatic heterocycles. The van der Waals surface area contributed by atoms with Crippen LogP contribution >= 0.6 is 0 Å². The minimum Gasteiger partial charge on any atom is -0.492 e. The first kappa shape index (κ1) is 17.1. The Bertz CT molecular complexity index is 742. The topological polar surface area (TPSA) is 38.8 Å². The SMILES string of the molecule is O=C(c1ccccc1OCCc1ccccc1)N1CCOC(C2CC2)C1.